The van der Waals surface area contributed by atoms with E-state index in [1.807, 2.05) is 0 Å². The van der Waals surface area contributed by atoms with Gasteiger partial charge in [-0.15, -0.1) is 0 Å². The highest BCUT2D eigenvalue weighted by atomic mass is 35.5. The quantitative estimate of drug-likeness (QED) is 0.748. The number of carbonyl (C=O) groups excluding carboxylic acids is 1. The van der Waals surface area contributed by atoms with Crippen LogP contribution in [-0.2, 0) is 10.2 Å². The summed E-state index contributed by atoms with van der Waals surface area (Å²) in [4.78, 5) is 15.5. The minimum atomic E-state index is -0.774. The Morgan fingerprint density at radius 1 is 1.14 bits per heavy atom. The third kappa shape index (κ3) is 4.33. The Kier molecular flexibility index (Phi) is 6.19. The maximum Gasteiger partial charge on any atom is 0.230 e. The Morgan fingerprint density at radius 2 is 1.83 bits per heavy atom. The van der Waals surface area contributed by atoms with Gasteiger partial charge < -0.3 is 15.3 Å². The van der Waals surface area contributed by atoms with E-state index in [0.29, 0.717) is 18.4 Å². The highest BCUT2D eigenvalue weighted by Crippen LogP contribution is 2.46. The summed E-state index contributed by atoms with van der Waals surface area (Å²) in [6.07, 6.45) is 9.27. The zero-order valence-corrected chi connectivity index (χ0v) is 17.8. The fourth-order valence-corrected chi connectivity index (χ4v) is 5.54. The number of benzene rings is 1. The molecule has 2 saturated carbocycles. The second kappa shape index (κ2) is 8.52. The van der Waals surface area contributed by atoms with Crippen molar-refractivity contribution < 1.29 is 14.3 Å². The number of piperidine rings is 1. The average Bonchev–Trinajstić information content (AvgIpc) is 2.66. The highest BCUT2D eigenvalue weighted by Gasteiger charge is 2.48. The van der Waals surface area contributed by atoms with Crippen molar-refractivity contribution in [3.05, 3.63) is 34.6 Å². The summed E-state index contributed by atoms with van der Waals surface area (Å²) in [5.41, 5.74) is -0.872. The van der Waals surface area contributed by atoms with Crippen LogP contribution in [0.25, 0.3) is 0 Å². The number of β-amino-alcohol motifs (C(OH)–C–C–N with tert-alkyl or cyclic N) is 1. The molecule has 1 saturated heterocycles. The normalized spacial score (nSPS) is 24.7. The van der Waals surface area contributed by atoms with Crippen molar-refractivity contribution in [1.29, 1.82) is 0 Å². The van der Waals surface area contributed by atoms with Gasteiger partial charge in [-0.3, -0.25) is 4.79 Å². The summed E-state index contributed by atoms with van der Waals surface area (Å²) >= 11 is 5.97. The van der Waals surface area contributed by atoms with Crippen molar-refractivity contribution in [2.45, 2.75) is 81.3 Å². The maximum absolute atomic E-state index is 14.6. The van der Waals surface area contributed by atoms with Crippen molar-refractivity contribution in [2.24, 2.45) is 0 Å². The molecular weight excluding hydrogens is 391 g/mol. The van der Waals surface area contributed by atoms with Gasteiger partial charge in [0.25, 0.3) is 0 Å². The molecule has 29 heavy (non-hydrogen) atoms. The minimum absolute atomic E-state index is 0.0609. The van der Waals surface area contributed by atoms with E-state index in [1.165, 1.54) is 12.5 Å². The molecule has 6 heteroatoms. The molecule has 1 heterocycles. The van der Waals surface area contributed by atoms with E-state index in [9.17, 15) is 14.3 Å². The molecule has 0 aromatic heterocycles. The van der Waals surface area contributed by atoms with Crippen LogP contribution in [-0.4, -0.2) is 47.2 Å². The van der Waals surface area contributed by atoms with Gasteiger partial charge in [-0.2, -0.15) is 0 Å². The number of likely N-dealkylation sites (tertiary alicyclic amines) is 1. The van der Waals surface area contributed by atoms with Crippen LogP contribution in [0.2, 0.25) is 5.02 Å². The summed E-state index contributed by atoms with van der Waals surface area (Å²) in [5, 5.41) is 14.1. The summed E-state index contributed by atoms with van der Waals surface area (Å²) in [5.74, 6) is -0.520. The van der Waals surface area contributed by atoms with Crippen LogP contribution in [0.5, 0.6) is 0 Å². The van der Waals surface area contributed by atoms with E-state index < -0.39 is 16.8 Å². The number of aliphatic hydroxyl groups is 1. The Morgan fingerprint density at radius 3 is 2.45 bits per heavy atom. The molecule has 0 radical (unpaired) electrons. The monoisotopic (exact) mass is 422 g/mol. The number of hydrogen-bond donors (Lipinski definition) is 2. The highest BCUT2D eigenvalue weighted by molar-refractivity contribution is 6.30. The topological polar surface area (TPSA) is 52.6 Å². The van der Waals surface area contributed by atoms with E-state index in [4.69, 9.17) is 11.6 Å². The molecule has 2 aliphatic carbocycles. The summed E-state index contributed by atoms with van der Waals surface area (Å²) in [6, 6.07) is 5.07. The lowest BCUT2D eigenvalue weighted by molar-refractivity contribution is -0.131. The molecule has 0 spiro atoms. The molecule has 3 fully saturated rings. The number of rotatable bonds is 5. The second-order valence-electron chi connectivity index (χ2n) is 9.35. The zero-order chi connectivity index (χ0) is 20.5. The number of amides is 1. The van der Waals surface area contributed by atoms with Crippen LogP contribution >= 0.6 is 11.6 Å². The van der Waals surface area contributed by atoms with Gasteiger partial charge in [-0.25, -0.2) is 4.39 Å². The van der Waals surface area contributed by atoms with Gasteiger partial charge in [0.15, 0.2) is 0 Å². The summed E-state index contributed by atoms with van der Waals surface area (Å²) in [6.45, 7) is 2.50. The van der Waals surface area contributed by atoms with Crippen LogP contribution in [0.3, 0.4) is 0 Å². The number of carbonyl (C=O) groups is 1. The van der Waals surface area contributed by atoms with Crippen LogP contribution in [0.1, 0.15) is 69.8 Å². The largest absolute Gasteiger partial charge is 0.389 e. The molecule has 2 N–H and O–H groups in total. The van der Waals surface area contributed by atoms with Crippen LogP contribution in [0, 0.1) is 5.82 Å². The van der Waals surface area contributed by atoms with Crippen molar-refractivity contribution in [2.75, 3.05) is 19.6 Å². The van der Waals surface area contributed by atoms with E-state index in [0.717, 1.165) is 64.6 Å². The predicted octanol–water partition coefficient (Wildman–Crippen LogP) is 4.18. The lowest BCUT2D eigenvalue weighted by atomic mass is 9.63. The second-order valence-corrected chi connectivity index (χ2v) is 9.75. The fraction of sp³-hybridized carbons (Fsp3) is 0.696. The standard InChI is InChI=1S/C23H32ClFN2O2/c24-19-7-4-6-18(20(19)25)23(12-5-13-23)21(28)26-17-8-14-27(15-9-17)16-22(29)10-2-1-3-11-22/h4,6-7,17,29H,1-3,5,8-16H2,(H,26,28). The van der Waals surface area contributed by atoms with E-state index in [1.54, 1.807) is 12.1 Å². The molecule has 4 rings (SSSR count). The van der Waals surface area contributed by atoms with Crippen molar-refractivity contribution >= 4 is 17.5 Å². The Bertz CT molecular complexity index is 738. The van der Waals surface area contributed by atoms with Gasteiger partial charge in [0.2, 0.25) is 5.91 Å². The smallest absolute Gasteiger partial charge is 0.230 e. The number of hydrogen-bond acceptors (Lipinski definition) is 3. The first-order valence-corrected chi connectivity index (χ1v) is 11.5. The van der Waals surface area contributed by atoms with Gasteiger partial charge in [-0.1, -0.05) is 49.4 Å². The molecule has 1 aromatic rings. The molecule has 0 atom stereocenters. The molecule has 0 unspecified atom stereocenters. The molecule has 1 amide bonds. The number of nitrogens with one attached hydrogen (secondary N) is 1. The Labute approximate surface area is 177 Å². The van der Waals surface area contributed by atoms with Crippen molar-refractivity contribution in [3.63, 3.8) is 0 Å². The van der Waals surface area contributed by atoms with E-state index in [-0.39, 0.29) is 17.0 Å². The molecule has 4 nitrogen and oxygen atoms in total. The van der Waals surface area contributed by atoms with Crippen LogP contribution in [0.15, 0.2) is 18.2 Å². The number of halogens is 2. The SMILES string of the molecule is O=C(NC1CCN(CC2(O)CCCCC2)CC1)C1(c2cccc(Cl)c2F)CCC1. The summed E-state index contributed by atoms with van der Waals surface area (Å²) < 4.78 is 14.6. The molecular formula is C23H32ClFN2O2. The molecule has 3 aliphatic rings. The van der Waals surface area contributed by atoms with Gasteiger partial charge in [0.1, 0.15) is 5.82 Å². The Hall–Kier alpha value is -1.17. The first kappa shape index (κ1) is 21.1. The molecule has 1 aliphatic heterocycles. The average molecular weight is 423 g/mol. The third-order valence-corrected chi connectivity index (χ3v) is 7.63. The molecule has 160 valence electrons. The fourth-order valence-electron chi connectivity index (χ4n) is 5.37. The van der Waals surface area contributed by atoms with Crippen LogP contribution in [0.4, 0.5) is 4.39 Å². The van der Waals surface area contributed by atoms with Gasteiger partial charge >= 0.3 is 0 Å². The Balaban J connectivity index is 1.34. The van der Waals surface area contributed by atoms with E-state index in [2.05, 4.69) is 10.2 Å². The molecule has 1 aromatic carbocycles. The molecule has 0 bridgehead atoms. The zero-order valence-electron chi connectivity index (χ0n) is 17.1. The first-order valence-electron chi connectivity index (χ1n) is 11.1. The minimum Gasteiger partial charge on any atom is -0.389 e. The summed E-state index contributed by atoms with van der Waals surface area (Å²) in [7, 11) is 0. The first-order chi connectivity index (χ1) is 13.9. The van der Waals surface area contributed by atoms with Crippen molar-refractivity contribution in [1.82, 2.24) is 10.2 Å². The maximum atomic E-state index is 14.6. The lowest BCUT2D eigenvalue weighted by Gasteiger charge is -2.43. The van der Waals surface area contributed by atoms with E-state index >= 15 is 0 Å². The van der Waals surface area contributed by atoms with Crippen molar-refractivity contribution in [3.8, 4) is 0 Å². The third-order valence-electron chi connectivity index (χ3n) is 7.33. The number of nitrogens with zero attached hydrogens (tertiary/aromatic N) is 1. The van der Waals surface area contributed by atoms with Gasteiger partial charge in [0.05, 0.1) is 16.0 Å². The predicted molar refractivity (Wildman–Crippen MR) is 113 cm³/mol. The van der Waals surface area contributed by atoms with Crippen LogP contribution < -0.4 is 5.32 Å². The lowest BCUT2D eigenvalue weighted by Crippen LogP contribution is -2.55. The van der Waals surface area contributed by atoms with Gasteiger partial charge in [0, 0.05) is 31.2 Å². The van der Waals surface area contributed by atoms with Gasteiger partial charge in [-0.05, 0) is 44.6 Å².